The number of hydrogen-bond donors (Lipinski definition) is 2. The number of unbranched alkanes of at least 4 members (excludes halogenated alkanes) is 14. The summed E-state index contributed by atoms with van der Waals surface area (Å²) in [6, 6.07) is 0. The van der Waals surface area contributed by atoms with Gasteiger partial charge in [-0.15, -0.1) is 0 Å². The van der Waals surface area contributed by atoms with Crippen molar-refractivity contribution in [2.24, 2.45) is 0 Å². The third-order valence-electron chi connectivity index (χ3n) is 5.11. The van der Waals surface area contributed by atoms with Gasteiger partial charge in [0, 0.05) is 13.0 Å². The predicted octanol–water partition coefficient (Wildman–Crippen LogP) is 5.04. The van der Waals surface area contributed by atoms with Crippen molar-refractivity contribution < 1.29 is 29.3 Å². The second kappa shape index (κ2) is 19.0. The van der Waals surface area contributed by atoms with E-state index in [1.165, 1.54) is 77.0 Å². The molecule has 0 bridgehead atoms. The minimum atomic E-state index is -2.46. The average Bonchev–Trinajstić information content (AvgIpc) is 2.70. The normalized spacial score (nSPS) is 13.2. The summed E-state index contributed by atoms with van der Waals surface area (Å²) < 4.78 is 9.32. The van der Waals surface area contributed by atoms with Crippen LogP contribution in [0.2, 0.25) is 0 Å². The fourth-order valence-electron chi connectivity index (χ4n) is 3.28. The van der Waals surface area contributed by atoms with Gasteiger partial charge >= 0.3 is 11.9 Å². The highest BCUT2D eigenvalue weighted by Gasteiger charge is 2.39. The van der Waals surface area contributed by atoms with E-state index >= 15 is 0 Å². The Bertz CT molecular complexity index is 412. The number of ether oxygens (including phenoxy) is 2. The fraction of sp³-hybridized carbons (Fsp3) is 0.913. The Morgan fingerprint density at radius 2 is 1.14 bits per heavy atom. The number of carbonyl (C=O) groups excluding carboxylic acids is 2. The zero-order valence-corrected chi connectivity index (χ0v) is 18.8. The van der Waals surface area contributed by atoms with Crippen LogP contribution in [0.4, 0.5) is 0 Å². The number of aliphatic hydroxyl groups excluding tert-OH is 1. The van der Waals surface area contributed by atoms with E-state index in [9.17, 15) is 14.7 Å². The Morgan fingerprint density at radius 1 is 0.724 bits per heavy atom. The Kier molecular flexibility index (Phi) is 18.4. The van der Waals surface area contributed by atoms with E-state index in [1.807, 2.05) is 0 Å². The highest BCUT2D eigenvalue weighted by atomic mass is 16.7. The third kappa shape index (κ3) is 15.5. The molecule has 0 aromatic carbocycles. The molecule has 0 aliphatic heterocycles. The molecule has 0 aliphatic carbocycles. The summed E-state index contributed by atoms with van der Waals surface area (Å²) in [6.07, 6.45) is 18.7. The SMILES string of the molecule is CCCCCCCCCCCCCCCCCC(=O)OC(=O)C(O)(CO)OCC. The Morgan fingerprint density at radius 3 is 1.52 bits per heavy atom. The quantitative estimate of drug-likeness (QED) is 0.125. The van der Waals surface area contributed by atoms with Crippen molar-refractivity contribution in [1.29, 1.82) is 0 Å². The lowest BCUT2D eigenvalue weighted by molar-refractivity contribution is -0.237. The molecule has 0 radical (unpaired) electrons. The maximum atomic E-state index is 11.7. The van der Waals surface area contributed by atoms with Crippen molar-refractivity contribution >= 4 is 11.9 Å². The Balaban J connectivity index is 3.48. The number of rotatable bonds is 20. The van der Waals surface area contributed by atoms with Gasteiger partial charge in [-0.1, -0.05) is 96.8 Å². The van der Waals surface area contributed by atoms with Crippen molar-refractivity contribution in [2.75, 3.05) is 13.2 Å². The van der Waals surface area contributed by atoms with E-state index in [2.05, 4.69) is 11.7 Å². The molecule has 6 nitrogen and oxygen atoms in total. The Hall–Kier alpha value is -0.980. The first kappa shape index (κ1) is 28.0. The Labute approximate surface area is 177 Å². The van der Waals surface area contributed by atoms with Crippen LogP contribution in [-0.2, 0) is 19.1 Å². The zero-order chi connectivity index (χ0) is 21.8. The highest BCUT2D eigenvalue weighted by molar-refractivity contribution is 5.89. The molecule has 0 saturated heterocycles. The van der Waals surface area contributed by atoms with Crippen LogP contribution in [0.15, 0.2) is 0 Å². The molecule has 0 amide bonds. The van der Waals surface area contributed by atoms with Gasteiger partial charge in [-0.2, -0.15) is 0 Å². The number of carbonyl (C=O) groups is 2. The number of aliphatic hydroxyl groups is 2. The first-order chi connectivity index (χ1) is 14.0. The molecule has 0 fully saturated rings. The van der Waals surface area contributed by atoms with Crippen LogP contribution in [0.3, 0.4) is 0 Å². The summed E-state index contributed by atoms with van der Waals surface area (Å²) in [5.41, 5.74) is 0. The molecule has 0 aromatic heterocycles. The van der Waals surface area contributed by atoms with Crippen LogP contribution in [0.25, 0.3) is 0 Å². The summed E-state index contributed by atoms with van der Waals surface area (Å²) >= 11 is 0. The second-order valence-electron chi connectivity index (χ2n) is 7.84. The van der Waals surface area contributed by atoms with Gasteiger partial charge in [0.25, 0.3) is 5.79 Å². The lowest BCUT2D eigenvalue weighted by Crippen LogP contribution is -2.47. The molecule has 29 heavy (non-hydrogen) atoms. The lowest BCUT2D eigenvalue weighted by atomic mass is 10.0. The lowest BCUT2D eigenvalue weighted by Gasteiger charge is -2.22. The van der Waals surface area contributed by atoms with Crippen LogP contribution >= 0.6 is 0 Å². The van der Waals surface area contributed by atoms with Gasteiger partial charge in [0.2, 0.25) is 0 Å². The van der Waals surface area contributed by atoms with Crippen LogP contribution < -0.4 is 0 Å². The maximum absolute atomic E-state index is 11.7. The van der Waals surface area contributed by atoms with Crippen LogP contribution in [0, 0.1) is 0 Å². The van der Waals surface area contributed by atoms with Gasteiger partial charge in [0.1, 0.15) is 6.61 Å². The maximum Gasteiger partial charge on any atom is 0.376 e. The van der Waals surface area contributed by atoms with Crippen molar-refractivity contribution in [2.45, 2.75) is 122 Å². The minimum absolute atomic E-state index is 0.0133. The molecule has 2 N–H and O–H groups in total. The van der Waals surface area contributed by atoms with Gasteiger partial charge in [-0.3, -0.25) is 4.79 Å². The third-order valence-corrected chi connectivity index (χ3v) is 5.11. The monoisotopic (exact) mass is 416 g/mol. The predicted molar refractivity (Wildman–Crippen MR) is 114 cm³/mol. The van der Waals surface area contributed by atoms with E-state index in [1.54, 1.807) is 6.92 Å². The molecule has 0 aromatic rings. The first-order valence-corrected chi connectivity index (χ1v) is 11.7. The molecule has 0 saturated carbocycles. The largest absolute Gasteiger partial charge is 0.390 e. The molecular formula is C23H44O6. The average molecular weight is 417 g/mol. The smallest absolute Gasteiger partial charge is 0.376 e. The highest BCUT2D eigenvalue weighted by Crippen LogP contribution is 2.14. The zero-order valence-electron chi connectivity index (χ0n) is 18.8. The molecule has 0 spiro atoms. The van der Waals surface area contributed by atoms with Crippen molar-refractivity contribution in [1.82, 2.24) is 0 Å². The van der Waals surface area contributed by atoms with Gasteiger partial charge in [0.15, 0.2) is 0 Å². The van der Waals surface area contributed by atoms with E-state index < -0.39 is 24.3 Å². The van der Waals surface area contributed by atoms with E-state index in [0.29, 0.717) is 6.42 Å². The van der Waals surface area contributed by atoms with Gasteiger partial charge < -0.3 is 19.7 Å². The minimum Gasteiger partial charge on any atom is -0.390 e. The topological polar surface area (TPSA) is 93.1 Å². The van der Waals surface area contributed by atoms with Gasteiger partial charge in [-0.05, 0) is 13.3 Å². The summed E-state index contributed by atoms with van der Waals surface area (Å²) in [6.45, 7) is 2.87. The van der Waals surface area contributed by atoms with E-state index in [-0.39, 0.29) is 13.0 Å². The summed E-state index contributed by atoms with van der Waals surface area (Å²) in [4.78, 5) is 23.3. The van der Waals surface area contributed by atoms with E-state index in [0.717, 1.165) is 12.8 Å². The molecule has 1 atom stereocenters. The van der Waals surface area contributed by atoms with Crippen LogP contribution in [0.5, 0.6) is 0 Å². The van der Waals surface area contributed by atoms with Crippen molar-refractivity contribution in [3.8, 4) is 0 Å². The second-order valence-corrected chi connectivity index (χ2v) is 7.84. The first-order valence-electron chi connectivity index (χ1n) is 11.7. The molecule has 0 aliphatic rings. The van der Waals surface area contributed by atoms with E-state index in [4.69, 9.17) is 9.84 Å². The van der Waals surface area contributed by atoms with Gasteiger partial charge in [0.05, 0.1) is 0 Å². The van der Waals surface area contributed by atoms with Crippen molar-refractivity contribution in [3.05, 3.63) is 0 Å². The summed E-state index contributed by atoms with van der Waals surface area (Å²) in [5.74, 6) is -4.41. The molecular weight excluding hydrogens is 372 g/mol. The fourth-order valence-corrected chi connectivity index (χ4v) is 3.28. The van der Waals surface area contributed by atoms with Gasteiger partial charge in [-0.25, -0.2) is 4.79 Å². The molecule has 1 unspecified atom stereocenters. The molecule has 6 heteroatoms. The summed E-state index contributed by atoms with van der Waals surface area (Å²) in [7, 11) is 0. The summed E-state index contributed by atoms with van der Waals surface area (Å²) in [5, 5.41) is 18.8. The molecule has 0 rings (SSSR count). The van der Waals surface area contributed by atoms with Crippen molar-refractivity contribution in [3.63, 3.8) is 0 Å². The standard InChI is InChI=1S/C23H44O6/c1-3-5-6-7-8-9-10-11-12-13-14-15-16-17-18-19-21(25)29-22(26)23(27,20-24)28-4-2/h24,27H,3-20H2,1-2H3. The number of hydrogen-bond acceptors (Lipinski definition) is 6. The van der Waals surface area contributed by atoms with Crippen LogP contribution in [0.1, 0.15) is 117 Å². The van der Waals surface area contributed by atoms with Crippen LogP contribution in [-0.4, -0.2) is 41.2 Å². The molecule has 172 valence electrons. The number of esters is 2. The molecule has 0 heterocycles.